The van der Waals surface area contributed by atoms with Gasteiger partial charge in [0.05, 0.1) is 26.2 Å². The van der Waals surface area contributed by atoms with Crippen LogP contribution in [0.5, 0.6) is 5.75 Å². The number of halogens is 1. The highest BCUT2D eigenvalue weighted by molar-refractivity contribution is 9.10. The Balaban J connectivity index is 2.87. The van der Waals surface area contributed by atoms with E-state index >= 15 is 0 Å². The van der Waals surface area contributed by atoms with Crippen molar-refractivity contribution in [3.63, 3.8) is 0 Å². The average molecular weight is 303 g/mol. The summed E-state index contributed by atoms with van der Waals surface area (Å²) >= 11 is 3.33. The van der Waals surface area contributed by atoms with Crippen molar-refractivity contribution in [3.8, 4) is 5.75 Å². The molecule has 0 aliphatic heterocycles. The molecular formula is C12H15BrO4. The lowest BCUT2D eigenvalue weighted by Gasteiger charge is -2.15. The minimum Gasteiger partial charge on any atom is -0.496 e. The lowest BCUT2D eigenvalue weighted by Crippen LogP contribution is -2.11. The minimum atomic E-state index is -0.945. The summed E-state index contributed by atoms with van der Waals surface area (Å²) in [6.07, 6.45) is -1.04. The first-order chi connectivity index (χ1) is 8.10. The molecule has 0 aliphatic rings. The van der Waals surface area contributed by atoms with Crippen molar-refractivity contribution in [3.05, 3.63) is 28.2 Å². The van der Waals surface area contributed by atoms with E-state index in [1.54, 1.807) is 25.1 Å². The van der Waals surface area contributed by atoms with Crippen molar-refractivity contribution in [1.29, 1.82) is 0 Å². The van der Waals surface area contributed by atoms with E-state index in [-0.39, 0.29) is 6.42 Å². The minimum absolute atomic E-state index is 0.0905. The van der Waals surface area contributed by atoms with E-state index in [4.69, 9.17) is 9.47 Å². The molecule has 0 aliphatic carbocycles. The fraction of sp³-hybridized carbons (Fsp3) is 0.417. The number of rotatable bonds is 5. The summed E-state index contributed by atoms with van der Waals surface area (Å²) in [5, 5.41) is 10.00. The van der Waals surface area contributed by atoms with Crippen LogP contribution < -0.4 is 4.74 Å². The molecule has 17 heavy (non-hydrogen) atoms. The maximum atomic E-state index is 11.3. The maximum absolute atomic E-state index is 11.3. The summed E-state index contributed by atoms with van der Waals surface area (Å²) in [4.78, 5) is 11.3. The second-order valence-electron chi connectivity index (χ2n) is 3.38. The molecule has 1 atom stereocenters. The Morgan fingerprint density at radius 2 is 2.24 bits per heavy atom. The van der Waals surface area contributed by atoms with E-state index in [9.17, 15) is 9.90 Å². The van der Waals surface area contributed by atoms with Crippen LogP contribution >= 0.6 is 15.9 Å². The molecule has 1 aromatic rings. The van der Waals surface area contributed by atoms with Gasteiger partial charge in [0.25, 0.3) is 0 Å². The molecule has 5 heteroatoms. The Kier molecular flexibility index (Phi) is 5.44. The number of hydrogen-bond acceptors (Lipinski definition) is 4. The van der Waals surface area contributed by atoms with Crippen LogP contribution in [0, 0.1) is 0 Å². The SMILES string of the molecule is CCOC(=O)CC(O)c1c(Br)cccc1OC. The normalized spacial score (nSPS) is 12.0. The predicted octanol–water partition coefficient (Wildman–Crippen LogP) is 2.44. The first-order valence-corrected chi connectivity index (χ1v) is 6.05. The molecule has 0 radical (unpaired) electrons. The van der Waals surface area contributed by atoms with Gasteiger partial charge in [-0.3, -0.25) is 4.79 Å². The highest BCUT2D eigenvalue weighted by atomic mass is 79.9. The Morgan fingerprint density at radius 1 is 1.53 bits per heavy atom. The summed E-state index contributed by atoms with van der Waals surface area (Å²) in [6, 6.07) is 5.31. The van der Waals surface area contributed by atoms with Crippen LogP contribution in [0.4, 0.5) is 0 Å². The van der Waals surface area contributed by atoms with Gasteiger partial charge in [-0.25, -0.2) is 0 Å². The monoisotopic (exact) mass is 302 g/mol. The zero-order valence-corrected chi connectivity index (χ0v) is 11.4. The van der Waals surface area contributed by atoms with Crippen molar-refractivity contribution in [2.24, 2.45) is 0 Å². The van der Waals surface area contributed by atoms with E-state index in [1.807, 2.05) is 0 Å². The van der Waals surface area contributed by atoms with Gasteiger partial charge in [-0.2, -0.15) is 0 Å². The Bertz CT molecular complexity index is 392. The smallest absolute Gasteiger partial charge is 0.308 e. The van der Waals surface area contributed by atoms with Crippen molar-refractivity contribution < 1.29 is 19.4 Å². The number of methoxy groups -OCH3 is 1. The molecule has 0 heterocycles. The van der Waals surface area contributed by atoms with Crippen LogP contribution in [0.15, 0.2) is 22.7 Å². The quantitative estimate of drug-likeness (QED) is 0.849. The lowest BCUT2D eigenvalue weighted by molar-refractivity contribution is -0.145. The molecule has 1 N–H and O–H groups in total. The van der Waals surface area contributed by atoms with E-state index in [2.05, 4.69) is 15.9 Å². The van der Waals surface area contributed by atoms with Crippen molar-refractivity contribution in [2.75, 3.05) is 13.7 Å². The molecule has 0 aromatic heterocycles. The van der Waals surface area contributed by atoms with Crippen molar-refractivity contribution >= 4 is 21.9 Å². The van der Waals surface area contributed by atoms with E-state index in [0.717, 1.165) is 0 Å². The number of esters is 1. The Hall–Kier alpha value is -1.07. The van der Waals surface area contributed by atoms with Gasteiger partial charge in [-0.15, -0.1) is 0 Å². The first kappa shape index (κ1) is 14.0. The van der Waals surface area contributed by atoms with Gasteiger partial charge in [0, 0.05) is 10.0 Å². The average Bonchev–Trinajstić information content (AvgIpc) is 2.28. The van der Waals surface area contributed by atoms with E-state index in [1.165, 1.54) is 7.11 Å². The fourth-order valence-corrected chi connectivity index (χ4v) is 2.11. The third-order valence-electron chi connectivity index (χ3n) is 2.23. The predicted molar refractivity (Wildman–Crippen MR) is 66.9 cm³/mol. The lowest BCUT2D eigenvalue weighted by atomic mass is 10.1. The van der Waals surface area contributed by atoms with Crippen LogP contribution in [0.25, 0.3) is 0 Å². The number of benzene rings is 1. The van der Waals surface area contributed by atoms with Gasteiger partial charge in [0.2, 0.25) is 0 Å². The number of aliphatic hydroxyl groups is 1. The molecule has 4 nitrogen and oxygen atoms in total. The van der Waals surface area contributed by atoms with E-state index in [0.29, 0.717) is 22.4 Å². The van der Waals surface area contributed by atoms with Crippen LogP contribution in [-0.2, 0) is 9.53 Å². The topological polar surface area (TPSA) is 55.8 Å². The maximum Gasteiger partial charge on any atom is 0.308 e. The molecular weight excluding hydrogens is 288 g/mol. The highest BCUT2D eigenvalue weighted by Gasteiger charge is 2.20. The molecule has 0 fully saturated rings. The van der Waals surface area contributed by atoms with Gasteiger partial charge in [0.1, 0.15) is 5.75 Å². The Morgan fingerprint density at radius 3 is 2.82 bits per heavy atom. The first-order valence-electron chi connectivity index (χ1n) is 5.26. The van der Waals surface area contributed by atoms with Crippen molar-refractivity contribution in [1.82, 2.24) is 0 Å². The summed E-state index contributed by atoms with van der Waals surface area (Å²) in [7, 11) is 1.52. The summed E-state index contributed by atoms with van der Waals surface area (Å²) in [6.45, 7) is 2.03. The third kappa shape index (κ3) is 3.71. The second-order valence-corrected chi connectivity index (χ2v) is 4.24. The highest BCUT2D eigenvalue weighted by Crippen LogP contribution is 2.33. The molecule has 1 rings (SSSR count). The van der Waals surface area contributed by atoms with E-state index < -0.39 is 12.1 Å². The molecule has 1 unspecified atom stereocenters. The summed E-state index contributed by atoms with van der Waals surface area (Å²) in [5.74, 6) is 0.106. The van der Waals surface area contributed by atoms with Gasteiger partial charge in [-0.05, 0) is 19.1 Å². The molecule has 0 saturated carbocycles. The van der Waals surface area contributed by atoms with Gasteiger partial charge < -0.3 is 14.6 Å². The number of ether oxygens (including phenoxy) is 2. The van der Waals surface area contributed by atoms with Crippen molar-refractivity contribution in [2.45, 2.75) is 19.4 Å². The number of carbonyl (C=O) groups excluding carboxylic acids is 1. The zero-order chi connectivity index (χ0) is 12.8. The molecule has 0 amide bonds. The van der Waals surface area contributed by atoms with Crippen LogP contribution in [0.3, 0.4) is 0 Å². The Labute approximate surface area is 109 Å². The van der Waals surface area contributed by atoms with Crippen LogP contribution in [0.1, 0.15) is 25.0 Å². The second kappa shape index (κ2) is 6.61. The van der Waals surface area contributed by atoms with Gasteiger partial charge >= 0.3 is 5.97 Å². The molecule has 0 bridgehead atoms. The number of hydrogen-bond donors (Lipinski definition) is 1. The standard InChI is InChI=1S/C12H15BrO4/c1-3-17-11(15)7-9(14)12-8(13)5-4-6-10(12)16-2/h4-6,9,14H,3,7H2,1-2H3. The summed E-state index contributed by atoms with van der Waals surface area (Å²) in [5.41, 5.74) is 0.558. The third-order valence-corrected chi connectivity index (χ3v) is 2.92. The van der Waals surface area contributed by atoms with Crippen LogP contribution in [-0.4, -0.2) is 24.8 Å². The van der Waals surface area contributed by atoms with Gasteiger partial charge in [-0.1, -0.05) is 22.0 Å². The molecule has 1 aromatic carbocycles. The van der Waals surface area contributed by atoms with Crippen LogP contribution in [0.2, 0.25) is 0 Å². The number of aliphatic hydroxyl groups excluding tert-OH is 1. The largest absolute Gasteiger partial charge is 0.496 e. The molecule has 0 spiro atoms. The van der Waals surface area contributed by atoms with Gasteiger partial charge in [0.15, 0.2) is 0 Å². The summed E-state index contributed by atoms with van der Waals surface area (Å²) < 4.78 is 10.6. The molecule has 0 saturated heterocycles. The number of carbonyl (C=O) groups is 1. The molecule has 94 valence electrons. The zero-order valence-electron chi connectivity index (χ0n) is 9.77. The fourth-order valence-electron chi connectivity index (χ4n) is 1.50.